The summed E-state index contributed by atoms with van der Waals surface area (Å²) in [4.78, 5) is 13.2. The Balaban J connectivity index is 3.00. The lowest BCUT2D eigenvalue weighted by molar-refractivity contribution is -0.255. The molecule has 3 nitrogen and oxygen atoms in total. The first-order valence-corrected chi connectivity index (χ1v) is 2.53. The lowest BCUT2D eigenvalue weighted by Gasteiger charge is -1.98. The predicted octanol–water partition coefficient (Wildman–Crippen LogP) is -0.416. The number of hydrogen-bond acceptors (Lipinski definition) is 3. The van der Waals surface area contributed by atoms with Gasteiger partial charge in [0.05, 0.1) is 5.97 Å². The topological polar surface area (TPSA) is 53.0 Å². The van der Waals surface area contributed by atoms with Gasteiger partial charge in [0.15, 0.2) is 0 Å². The van der Waals surface area contributed by atoms with E-state index in [4.69, 9.17) is 0 Å². The van der Waals surface area contributed by atoms with Crippen LogP contribution in [-0.4, -0.2) is 11.0 Å². The second-order valence-corrected chi connectivity index (χ2v) is 1.66. The van der Waals surface area contributed by atoms with Crippen LogP contribution >= 0.6 is 0 Å². The maximum Gasteiger partial charge on any atom is 0.212 e. The van der Waals surface area contributed by atoms with Gasteiger partial charge >= 0.3 is 0 Å². The van der Waals surface area contributed by atoms with Crippen molar-refractivity contribution < 1.29 is 14.3 Å². The maximum absolute atomic E-state index is 12.0. The van der Waals surface area contributed by atoms with E-state index >= 15 is 0 Å². The molecule has 52 valence electrons. The minimum Gasteiger partial charge on any atom is -0.545 e. The Labute approximate surface area is 56.1 Å². The molecule has 4 heteroatoms. The van der Waals surface area contributed by atoms with E-state index in [1.165, 1.54) is 0 Å². The van der Waals surface area contributed by atoms with Crippen molar-refractivity contribution >= 4 is 5.97 Å². The molecule has 1 aromatic rings. The summed E-state index contributed by atoms with van der Waals surface area (Å²) in [5.41, 5.74) is -0.124. The van der Waals surface area contributed by atoms with Crippen LogP contribution in [0.25, 0.3) is 0 Å². The number of hydrogen-bond donors (Lipinski definition) is 0. The number of aromatic carboxylic acids is 1. The van der Waals surface area contributed by atoms with E-state index in [9.17, 15) is 14.3 Å². The molecule has 0 radical (unpaired) electrons. The van der Waals surface area contributed by atoms with Crippen LogP contribution in [0.2, 0.25) is 0 Å². The summed E-state index contributed by atoms with van der Waals surface area (Å²) in [5, 5.41) is 10.0. The van der Waals surface area contributed by atoms with Gasteiger partial charge < -0.3 is 9.90 Å². The maximum atomic E-state index is 12.0. The van der Waals surface area contributed by atoms with E-state index in [0.29, 0.717) is 0 Å². The molecule has 0 saturated heterocycles. The largest absolute Gasteiger partial charge is 0.545 e. The first kappa shape index (κ1) is 6.67. The summed E-state index contributed by atoms with van der Waals surface area (Å²) in [6.45, 7) is 0. The van der Waals surface area contributed by atoms with E-state index in [1.807, 2.05) is 0 Å². The summed E-state index contributed by atoms with van der Waals surface area (Å²) in [5.74, 6) is -2.06. The van der Waals surface area contributed by atoms with Gasteiger partial charge in [-0.3, -0.25) is 0 Å². The van der Waals surface area contributed by atoms with Crippen LogP contribution in [0.15, 0.2) is 18.3 Å². The Morgan fingerprint density at radius 3 is 2.70 bits per heavy atom. The smallest absolute Gasteiger partial charge is 0.212 e. The molecule has 0 unspecified atom stereocenters. The zero-order chi connectivity index (χ0) is 7.56. The average Bonchev–Trinajstić information content (AvgIpc) is 1.88. The molecule has 0 fully saturated rings. The minimum atomic E-state index is -1.35. The number of carboxylic acid groups (broad SMARTS) is 1. The molecule has 0 saturated carbocycles. The first-order chi connectivity index (χ1) is 4.70. The Kier molecular flexibility index (Phi) is 1.62. The molecule has 10 heavy (non-hydrogen) atoms. The minimum absolute atomic E-state index is 0.124. The molecule has 0 N–H and O–H groups in total. The first-order valence-electron chi connectivity index (χ1n) is 2.53. The summed E-state index contributed by atoms with van der Waals surface area (Å²) in [7, 11) is 0. The Bertz CT molecular complexity index is 244. The number of rotatable bonds is 1. The third-order valence-electron chi connectivity index (χ3n) is 0.963. The van der Waals surface area contributed by atoms with Crippen molar-refractivity contribution in [3.63, 3.8) is 0 Å². The van der Waals surface area contributed by atoms with Crippen molar-refractivity contribution in [3.8, 4) is 0 Å². The van der Waals surface area contributed by atoms with Crippen LogP contribution in [0.3, 0.4) is 0 Å². The van der Waals surface area contributed by atoms with Gasteiger partial charge in [-0.25, -0.2) is 4.98 Å². The number of carbonyl (C=O) groups excluding carboxylic acids is 1. The van der Waals surface area contributed by atoms with Crippen LogP contribution in [0.1, 0.15) is 10.4 Å². The summed E-state index contributed by atoms with van der Waals surface area (Å²) < 4.78 is 12.0. The lowest BCUT2D eigenvalue weighted by atomic mass is 10.3. The van der Waals surface area contributed by atoms with E-state index in [-0.39, 0.29) is 5.56 Å². The number of nitrogens with zero attached hydrogens (tertiary/aromatic N) is 1. The summed E-state index contributed by atoms with van der Waals surface area (Å²) >= 11 is 0. The molecule has 0 spiro atoms. The molecule has 0 aliphatic carbocycles. The molecule has 0 bridgehead atoms. The van der Waals surface area contributed by atoms with Crippen LogP contribution in [-0.2, 0) is 0 Å². The molecule has 1 aromatic heterocycles. The zero-order valence-electron chi connectivity index (χ0n) is 4.87. The van der Waals surface area contributed by atoms with Crippen LogP contribution in [0.5, 0.6) is 0 Å². The fraction of sp³-hybridized carbons (Fsp3) is 0. The number of aromatic nitrogens is 1. The third kappa shape index (κ3) is 1.28. The van der Waals surface area contributed by atoms with E-state index < -0.39 is 11.9 Å². The quantitative estimate of drug-likeness (QED) is 0.498. The predicted molar refractivity (Wildman–Crippen MR) is 28.5 cm³/mol. The van der Waals surface area contributed by atoms with Crippen LogP contribution in [0, 0.1) is 5.95 Å². The second kappa shape index (κ2) is 2.43. The van der Waals surface area contributed by atoms with Crippen molar-refractivity contribution in [2.45, 2.75) is 0 Å². The van der Waals surface area contributed by atoms with Gasteiger partial charge in [-0.2, -0.15) is 4.39 Å². The number of pyridine rings is 1. The SMILES string of the molecule is O=C([O-])c1ccc(F)nc1. The van der Waals surface area contributed by atoms with Crippen molar-refractivity contribution in [2.75, 3.05) is 0 Å². The molecule has 1 heterocycles. The fourth-order valence-corrected chi connectivity index (χ4v) is 0.497. The van der Waals surface area contributed by atoms with E-state index in [0.717, 1.165) is 18.3 Å². The average molecular weight is 140 g/mol. The normalized spacial score (nSPS) is 9.30. The highest BCUT2D eigenvalue weighted by atomic mass is 19.1. The van der Waals surface area contributed by atoms with Crippen molar-refractivity contribution in [1.82, 2.24) is 4.98 Å². The van der Waals surface area contributed by atoms with Crippen LogP contribution in [0.4, 0.5) is 4.39 Å². The number of halogens is 1. The number of carbonyl (C=O) groups is 1. The fourth-order valence-electron chi connectivity index (χ4n) is 0.497. The lowest BCUT2D eigenvalue weighted by Crippen LogP contribution is -2.22. The van der Waals surface area contributed by atoms with Gasteiger partial charge in [-0.1, -0.05) is 0 Å². The molecule has 0 aliphatic rings. The molecular weight excluding hydrogens is 137 g/mol. The highest BCUT2D eigenvalue weighted by molar-refractivity contribution is 5.85. The molecule has 1 rings (SSSR count). The van der Waals surface area contributed by atoms with E-state index in [2.05, 4.69) is 4.98 Å². The summed E-state index contributed by atoms with van der Waals surface area (Å²) in [6.07, 6.45) is 0.907. The van der Waals surface area contributed by atoms with Gasteiger partial charge in [0, 0.05) is 11.8 Å². The van der Waals surface area contributed by atoms with Gasteiger partial charge in [-0.15, -0.1) is 0 Å². The Morgan fingerprint density at radius 2 is 2.30 bits per heavy atom. The standard InChI is InChI=1S/C6H4FNO2/c7-5-2-1-4(3-8-5)6(9)10/h1-3H,(H,9,10)/p-1. The highest BCUT2D eigenvalue weighted by Gasteiger charge is 1.92. The van der Waals surface area contributed by atoms with Crippen molar-refractivity contribution in [3.05, 3.63) is 29.8 Å². The number of carboxylic acids is 1. The molecule has 0 atom stereocenters. The van der Waals surface area contributed by atoms with E-state index in [1.54, 1.807) is 0 Å². The molecule has 0 aromatic carbocycles. The third-order valence-corrected chi connectivity index (χ3v) is 0.963. The Morgan fingerprint density at radius 1 is 1.60 bits per heavy atom. The van der Waals surface area contributed by atoms with Gasteiger partial charge in [0.1, 0.15) is 0 Å². The van der Waals surface area contributed by atoms with Crippen LogP contribution < -0.4 is 5.11 Å². The highest BCUT2D eigenvalue weighted by Crippen LogP contribution is 1.96. The summed E-state index contributed by atoms with van der Waals surface area (Å²) in [6, 6.07) is 2.06. The molecule has 0 aliphatic heterocycles. The zero-order valence-corrected chi connectivity index (χ0v) is 4.87. The second-order valence-electron chi connectivity index (χ2n) is 1.66. The van der Waals surface area contributed by atoms with Gasteiger partial charge in [-0.05, 0) is 12.1 Å². The van der Waals surface area contributed by atoms with Gasteiger partial charge in [0.25, 0.3) is 0 Å². The Hall–Kier alpha value is -1.45. The van der Waals surface area contributed by atoms with Crippen molar-refractivity contribution in [2.24, 2.45) is 0 Å². The molecular formula is C6H3FNO2-. The van der Waals surface area contributed by atoms with Crippen molar-refractivity contribution in [1.29, 1.82) is 0 Å². The molecule has 0 amide bonds. The monoisotopic (exact) mass is 140 g/mol. The van der Waals surface area contributed by atoms with Gasteiger partial charge in [0.2, 0.25) is 5.95 Å².